The van der Waals surface area contributed by atoms with Crippen LogP contribution in [-0.2, 0) is 6.42 Å². The van der Waals surface area contributed by atoms with Crippen molar-refractivity contribution in [1.29, 1.82) is 0 Å². The summed E-state index contributed by atoms with van der Waals surface area (Å²) >= 11 is 0. The highest BCUT2D eigenvalue weighted by Gasteiger charge is 2.22. The fourth-order valence-corrected chi connectivity index (χ4v) is 3.51. The molecule has 0 aliphatic carbocycles. The summed E-state index contributed by atoms with van der Waals surface area (Å²) in [5.41, 5.74) is 4.30. The second-order valence-corrected chi connectivity index (χ2v) is 6.85. The zero-order valence-electron chi connectivity index (χ0n) is 15.6. The maximum Gasteiger partial charge on any atom is 0.253 e. The fraction of sp³-hybridized carbons (Fsp3) is 0.261. The number of piperazine rings is 1. The average molecular weight is 360 g/mol. The van der Waals surface area contributed by atoms with E-state index in [-0.39, 0.29) is 5.91 Å². The normalized spacial score (nSPS) is 14.4. The third kappa shape index (κ3) is 3.75. The van der Waals surface area contributed by atoms with Gasteiger partial charge in [0.1, 0.15) is 5.76 Å². The maximum absolute atomic E-state index is 12.7. The number of carbonyl (C=O) groups is 1. The van der Waals surface area contributed by atoms with E-state index in [1.165, 1.54) is 11.3 Å². The first kappa shape index (κ1) is 17.4. The molecule has 1 aromatic heterocycles. The standard InChI is InChI=1S/C23H24N2O2/c1-2-18-5-7-20(8-6-18)23(26)25-15-13-24(14-16-25)21-11-9-19(10-12-21)22-4-3-17-27-22/h3-12,17H,2,13-16H2,1H3. The van der Waals surface area contributed by atoms with Crippen LogP contribution in [-0.4, -0.2) is 37.0 Å². The van der Waals surface area contributed by atoms with E-state index < -0.39 is 0 Å². The van der Waals surface area contributed by atoms with Crippen molar-refractivity contribution in [1.82, 2.24) is 4.90 Å². The summed E-state index contributed by atoms with van der Waals surface area (Å²) in [5, 5.41) is 0. The van der Waals surface area contributed by atoms with E-state index in [0.717, 1.165) is 49.5 Å². The third-order valence-corrected chi connectivity index (χ3v) is 5.21. The summed E-state index contributed by atoms with van der Waals surface area (Å²) < 4.78 is 5.44. The van der Waals surface area contributed by atoms with Crippen molar-refractivity contribution in [2.75, 3.05) is 31.1 Å². The first-order valence-corrected chi connectivity index (χ1v) is 9.51. The first-order valence-electron chi connectivity index (χ1n) is 9.51. The Morgan fingerprint density at radius 2 is 1.63 bits per heavy atom. The molecule has 4 nitrogen and oxygen atoms in total. The van der Waals surface area contributed by atoms with Crippen LogP contribution in [0.1, 0.15) is 22.8 Å². The zero-order valence-corrected chi connectivity index (χ0v) is 15.6. The van der Waals surface area contributed by atoms with Crippen LogP contribution in [0.4, 0.5) is 5.69 Å². The van der Waals surface area contributed by atoms with Crippen molar-refractivity contribution >= 4 is 11.6 Å². The molecule has 1 aliphatic heterocycles. The van der Waals surface area contributed by atoms with Crippen LogP contribution >= 0.6 is 0 Å². The van der Waals surface area contributed by atoms with Crippen LogP contribution in [0, 0.1) is 0 Å². The molecule has 138 valence electrons. The van der Waals surface area contributed by atoms with Gasteiger partial charge in [-0.2, -0.15) is 0 Å². The van der Waals surface area contributed by atoms with E-state index in [1.807, 2.05) is 41.3 Å². The smallest absolute Gasteiger partial charge is 0.253 e. The molecule has 4 rings (SSSR count). The highest BCUT2D eigenvalue weighted by molar-refractivity contribution is 5.94. The summed E-state index contributed by atoms with van der Waals surface area (Å²) in [7, 11) is 0. The molecule has 27 heavy (non-hydrogen) atoms. The van der Waals surface area contributed by atoms with E-state index in [4.69, 9.17) is 4.42 Å². The molecule has 0 saturated carbocycles. The van der Waals surface area contributed by atoms with Gasteiger partial charge < -0.3 is 14.2 Å². The quantitative estimate of drug-likeness (QED) is 0.689. The van der Waals surface area contributed by atoms with Crippen LogP contribution in [0.2, 0.25) is 0 Å². The van der Waals surface area contributed by atoms with Gasteiger partial charge in [-0.05, 0) is 60.5 Å². The molecule has 1 amide bonds. The molecule has 0 radical (unpaired) electrons. The molecule has 1 fully saturated rings. The SMILES string of the molecule is CCc1ccc(C(=O)N2CCN(c3ccc(-c4ccco4)cc3)CC2)cc1. The van der Waals surface area contributed by atoms with Gasteiger partial charge in [-0.3, -0.25) is 4.79 Å². The van der Waals surface area contributed by atoms with E-state index in [0.29, 0.717) is 0 Å². The van der Waals surface area contributed by atoms with Crippen LogP contribution in [0.5, 0.6) is 0 Å². The van der Waals surface area contributed by atoms with E-state index in [2.05, 4.69) is 36.1 Å². The van der Waals surface area contributed by atoms with Gasteiger partial charge in [0, 0.05) is 43.0 Å². The summed E-state index contributed by atoms with van der Waals surface area (Å²) in [6.45, 7) is 5.30. The lowest BCUT2D eigenvalue weighted by Crippen LogP contribution is -2.48. The number of aryl methyl sites for hydroxylation is 1. The number of hydrogen-bond donors (Lipinski definition) is 0. The Kier molecular flexibility index (Phi) is 4.97. The minimum atomic E-state index is 0.130. The van der Waals surface area contributed by atoms with Crippen LogP contribution in [0.25, 0.3) is 11.3 Å². The van der Waals surface area contributed by atoms with Crippen molar-refractivity contribution in [3.63, 3.8) is 0 Å². The first-order chi connectivity index (χ1) is 13.2. The van der Waals surface area contributed by atoms with Gasteiger partial charge >= 0.3 is 0 Å². The Balaban J connectivity index is 1.37. The zero-order chi connectivity index (χ0) is 18.6. The number of anilines is 1. The van der Waals surface area contributed by atoms with Gasteiger partial charge in [0.15, 0.2) is 0 Å². The maximum atomic E-state index is 12.7. The molecule has 0 spiro atoms. The molecular formula is C23H24N2O2. The van der Waals surface area contributed by atoms with Crippen molar-refractivity contribution in [2.24, 2.45) is 0 Å². The van der Waals surface area contributed by atoms with Gasteiger partial charge in [-0.1, -0.05) is 19.1 Å². The Labute approximate surface area is 160 Å². The molecule has 2 heterocycles. The number of nitrogens with zero attached hydrogens (tertiary/aromatic N) is 2. The minimum absolute atomic E-state index is 0.130. The fourth-order valence-electron chi connectivity index (χ4n) is 3.51. The molecule has 2 aromatic carbocycles. The monoisotopic (exact) mass is 360 g/mol. The Morgan fingerprint density at radius 1 is 0.926 bits per heavy atom. The Bertz CT molecular complexity index is 875. The molecule has 3 aromatic rings. The number of benzene rings is 2. The highest BCUT2D eigenvalue weighted by atomic mass is 16.3. The summed E-state index contributed by atoms with van der Waals surface area (Å²) in [6, 6.07) is 20.3. The van der Waals surface area contributed by atoms with Crippen molar-refractivity contribution < 1.29 is 9.21 Å². The van der Waals surface area contributed by atoms with E-state index >= 15 is 0 Å². The molecule has 0 unspecified atom stereocenters. The second kappa shape index (κ2) is 7.70. The number of furan rings is 1. The molecule has 0 N–H and O–H groups in total. The lowest BCUT2D eigenvalue weighted by molar-refractivity contribution is 0.0747. The minimum Gasteiger partial charge on any atom is -0.464 e. The average Bonchev–Trinajstić information content (AvgIpc) is 3.28. The van der Waals surface area contributed by atoms with Gasteiger partial charge in [0.05, 0.1) is 6.26 Å². The van der Waals surface area contributed by atoms with Gasteiger partial charge in [0.25, 0.3) is 5.91 Å². The van der Waals surface area contributed by atoms with Gasteiger partial charge in [-0.15, -0.1) is 0 Å². The number of rotatable bonds is 4. The van der Waals surface area contributed by atoms with Crippen LogP contribution < -0.4 is 4.90 Å². The summed E-state index contributed by atoms with van der Waals surface area (Å²) in [5.74, 6) is 1.01. The summed E-state index contributed by atoms with van der Waals surface area (Å²) in [4.78, 5) is 17.0. The molecule has 1 saturated heterocycles. The van der Waals surface area contributed by atoms with Gasteiger partial charge in [-0.25, -0.2) is 0 Å². The van der Waals surface area contributed by atoms with Crippen LogP contribution in [0.3, 0.4) is 0 Å². The number of carbonyl (C=O) groups excluding carboxylic acids is 1. The van der Waals surface area contributed by atoms with E-state index in [1.54, 1.807) is 6.26 Å². The third-order valence-electron chi connectivity index (χ3n) is 5.21. The van der Waals surface area contributed by atoms with E-state index in [9.17, 15) is 4.79 Å². The largest absolute Gasteiger partial charge is 0.464 e. The molecule has 0 atom stereocenters. The molecular weight excluding hydrogens is 336 g/mol. The van der Waals surface area contributed by atoms with Crippen LogP contribution in [0.15, 0.2) is 71.3 Å². The number of hydrogen-bond acceptors (Lipinski definition) is 3. The predicted octanol–water partition coefficient (Wildman–Crippen LogP) is 4.47. The van der Waals surface area contributed by atoms with Gasteiger partial charge in [0.2, 0.25) is 0 Å². The Morgan fingerprint density at radius 3 is 2.22 bits per heavy atom. The lowest BCUT2D eigenvalue weighted by atomic mass is 10.1. The van der Waals surface area contributed by atoms with Crippen molar-refractivity contribution in [3.05, 3.63) is 78.1 Å². The predicted molar refractivity (Wildman–Crippen MR) is 108 cm³/mol. The molecule has 0 bridgehead atoms. The van der Waals surface area contributed by atoms with Crippen molar-refractivity contribution in [3.8, 4) is 11.3 Å². The topological polar surface area (TPSA) is 36.7 Å². The Hall–Kier alpha value is -3.01. The lowest BCUT2D eigenvalue weighted by Gasteiger charge is -2.36. The molecule has 4 heteroatoms. The van der Waals surface area contributed by atoms with Crippen molar-refractivity contribution in [2.45, 2.75) is 13.3 Å². The number of amides is 1. The summed E-state index contributed by atoms with van der Waals surface area (Å²) in [6.07, 6.45) is 2.68. The highest BCUT2D eigenvalue weighted by Crippen LogP contribution is 2.24. The second-order valence-electron chi connectivity index (χ2n) is 6.85. The molecule has 1 aliphatic rings.